The molecule has 0 aliphatic heterocycles. The Bertz CT molecular complexity index is 1140. The fourth-order valence-corrected chi connectivity index (χ4v) is 5.36. The SMILES string of the molecule is C=CCn1c(SC(C)C(=O)NC(C)CCc2ccccc2)nc2sc(C)c(C)c2c1=O. The second-order valence-electron chi connectivity index (χ2n) is 7.76. The molecule has 2 heterocycles. The molecule has 0 saturated carbocycles. The predicted octanol–water partition coefficient (Wildman–Crippen LogP) is 4.88. The molecule has 0 bridgehead atoms. The number of carbonyl (C=O) groups excluding carboxylic acids is 1. The second kappa shape index (κ2) is 10.3. The molecule has 0 saturated heterocycles. The number of hydrogen-bond acceptors (Lipinski definition) is 5. The van der Waals surface area contributed by atoms with Gasteiger partial charge in [-0.05, 0) is 51.7 Å². The number of amides is 1. The van der Waals surface area contributed by atoms with Crippen LogP contribution < -0.4 is 10.9 Å². The molecular weight excluding hydrogens is 426 g/mol. The van der Waals surface area contributed by atoms with Gasteiger partial charge in [-0.15, -0.1) is 17.9 Å². The van der Waals surface area contributed by atoms with Crippen molar-refractivity contribution in [3.05, 3.63) is 69.3 Å². The van der Waals surface area contributed by atoms with E-state index in [1.807, 2.05) is 45.9 Å². The first-order valence-electron chi connectivity index (χ1n) is 10.4. The second-order valence-corrected chi connectivity index (χ2v) is 10.3. The number of hydrogen-bond donors (Lipinski definition) is 1. The Morgan fingerprint density at radius 2 is 2.00 bits per heavy atom. The zero-order valence-corrected chi connectivity index (χ0v) is 20.1. The molecule has 0 spiro atoms. The highest BCUT2D eigenvalue weighted by atomic mass is 32.2. The maximum Gasteiger partial charge on any atom is 0.263 e. The highest BCUT2D eigenvalue weighted by Crippen LogP contribution is 2.29. The summed E-state index contributed by atoms with van der Waals surface area (Å²) in [5.41, 5.74) is 2.17. The molecule has 3 rings (SSSR count). The first kappa shape index (κ1) is 23.3. The van der Waals surface area contributed by atoms with Gasteiger partial charge in [0, 0.05) is 17.5 Å². The molecule has 0 aliphatic rings. The van der Waals surface area contributed by atoms with Crippen LogP contribution in [0, 0.1) is 13.8 Å². The van der Waals surface area contributed by atoms with Crippen molar-refractivity contribution in [1.29, 1.82) is 0 Å². The zero-order valence-electron chi connectivity index (χ0n) is 18.5. The topological polar surface area (TPSA) is 64.0 Å². The van der Waals surface area contributed by atoms with E-state index in [1.165, 1.54) is 28.7 Å². The molecule has 5 nitrogen and oxygen atoms in total. The van der Waals surface area contributed by atoms with Gasteiger partial charge in [-0.1, -0.05) is 48.2 Å². The number of aromatic nitrogens is 2. The Balaban J connectivity index is 1.72. The summed E-state index contributed by atoms with van der Waals surface area (Å²) < 4.78 is 1.61. The standard InChI is InChI=1S/C24H29N3O2S2/c1-6-14-27-23(29)20-16(3)17(4)30-22(20)26-24(27)31-18(5)21(28)25-15(2)12-13-19-10-8-7-9-11-19/h6-11,15,18H,1,12-14H2,2-5H3,(H,25,28). The average molecular weight is 456 g/mol. The lowest BCUT2D eigenvalue weighted by atomic mass is 10.1. The number of nitrogens with zero attached hydrogens (tertiary/aromatic N) is 2. The number of rotatable bonds is 9. The molecule has 1 aromatic carbocycles. The number of aryl methyl sites for hydroxylation is 3. The van der Waals surface area contributed by atoms with E-state index in [2.05, 4.69) is 24.0 Å². The summed E-state index contributed by atoms with van der Waals surface area (Å²) in [4.78, 5) is 32.4. The van der Waals surface area contributed by atoms with Gasteiger partial charge in [-0.3, -0.25) is 14.2 Å². The summed E-state index contributed by atoms with van der Waals surface area (Å²) in [7, 11) is 0. The fourth-order valence-electron chi connectivity index (χ4n) is 3.36. The minimum absolute atomic E-state index is 0.0522. The summed E-state index contributed by atoms with van der Waals surface area (Å²) in [5, 5.41) is 3.94. The van der Waals surface area contributed by atoms with Gasteiger partial charge in [0.2, 0.25) is 5.91 Å². The Labute approximate surface area is 191 Å². The van der Waals surface area contributed by atoms with Crippen molar-refractivity contribution in [1.82, 2.24) is 14.9 Å². The van der Waals surface area contributed by atoms with Crippen molar-refractivity contribution >= 4 is 39.2 Å². The smallest absolute Gasteiger partial charge is 0.263 e. The summed E-state index contributed by atoms with van der Waals surface area (Å²) >= 11 is 2.84. The third-order valence-corrected chi connectivity index (χ3v) is 7.51. The van der Waals surface area contributed by atoms with Crippen molar-refractivity contribution in [3.8, 4) is 0 Å². The molecule has 31 heavy (non-hydrogen) atoms. The lowest BCUT2D eigenvalue weighted by molar-refractivity contribution is -0.120. The van der Waals surface area contributed by atoms with E-state index >= 15 is 0 Å². The lowest BCUT2D eigenvalue weighted by Gasteiger charge is -2.18. The molecular formula is C24H29N3O2S2. The van der Waals surface area contributed by atoms with Gasteiger partial charge in [0.1, 0.15) is 4.83 Å². The largest absolute Gasteiger partial charge is 0.353 e. The highest BCUT2D eigenvalue weighted by molar-refractivity contribution is 8.00. The van der Waals surface area contributed by atoms with Crippen LogP contribution in [0.15, 0.2) is 52.9 Å². The Kier molecular flexibility index (Phi) is 7.73. The predicted molar refractivity (Wildman–Crippen MR) is 131 cm³/mol. The van der Waals surface area contributed by atoms with Crippen LogP contribution in [-0.4, -0.2) is 26.8 Å². The third kappa shape index (κ3) is 5.46. The molecule has 0 aliphatic carbocycles. The van der Waals surface area contributed by atoms with Gasteiger partial charge in [0.25, 0.3) is 5.56 Å². The minimum atomic E-state index is -0.373. The highest BCUT2D eigenvalue weighted by Gasteiger charge is 2.22. The number of benzene rings is 1. The number of fused-ring (bicyclic) bond motifs is 1. The normalized spacial score (nSPS) is 13.2. The van der Waals surface area contributed by atoms with E-state index in [9.17, 15) is 9.59 Å². The van der Waals surface area contributed by atoms with E-state index in [-0.39, 0.29) is 22.8 Å². The Morgan fingerprint density at radius 3 is 2.68 bits per heavy atom. The quantitative estimate of drug-likeness (QED) is 0.284. The lowest BCUT2D eigenvalue weighted by Crippen LogP contribution is -2.38. The Hall–Kier alpha value is -2.38. The van der Waals surface area contributed by atoms with Crippen molar-refractivity contribution in [2.24, 2.45) is 0 Å². The number of thiophene rings is 1. The number of allylic oxidation sites excluding steroid dienone is 1. The van der Waals surface area contributed by atoms with Crippen LogP contribution in [0.3, 0.4) is 0 Å². The first-order chi connectivity index (χ1) is 14.8. The maximum absolute atomic E-state index is 13.1. The van der Waals surface area contributed by atoms with Gasteiger partial charge in [0.05, 0.1) is 10.6 Å². The van der Waals surface area contributed by atoms with Crippen LogP contribution >= 0.6 is 23.1 Å². The van der Waals surface area contributed by atoms with Crippen LogP contribution in [-0.2, 0) is 17.8 Å². The van der Waals surface area contributed by atoms with Gasteiger partial charge in [0.15, 0.2) is 5.16 Å². The van der Waals surface area contributed by atoms with Crippen LogP contribution in [0.4, 0.5) is 0 Å². The molecule has 0 radical (unpaired) electrons. The molecule has 2 atom stereocenters. The summed E-state index contributed by atoms with van der Waals surface area (Å²) in [6.07, 6.45) is 3.47. The zero-order chi connectivity index (χ0) is 22.5. The van der Waals surface area contributed by atoms with Crippen molar-refractivity contribution in [2.45, 2.75) is 63.5 Å². The minimum Gasteiger partial charge on any atom is -0.353 e. The molecule has 0 fully saturated rings. The summed E-state index contributed by atoms with van der Waals surface area (Å²) in [5.74, 6) is -0.0522. The van der Waals surface area contributed by atoms with Crippen LogP contribution in [0.5, 0.6) is 0 Å². The Morgan fingerprint density at radius 1 is 1.29 bits per heavy atom. The van der Waals surface area contributed by atoms with E-state index < -0.39 is 0 Å². The fraction of sp³-hybridized carbons (Fsp3) is 0.375. The van der Waals surface area contributed by atoms with Crippen molar-refractivity contribution < 1.29 is 4.79 Å². The molecule has 7 heteroatoms. The van der Waals surface area contributed by atoms with E-state index in [0.29, 0.717) is 17.1 Å². The summed E-state index contributed by atoms with van der Waals surface area (Å²) in [6.45, 7) is 12.0. The van der Waals surface area contributed by atoms with Crippen molar-refractivity contribution in [3.63, 3.8) is 0 Å². The van der Waals surface area contributed by atoms with Crippen LogP contribution in [0.2, 0.25) is 0 Å². The monoisotopic (exact) mass is 455 g/mol. The van der Waals surface area contributed by atoms with Crippen LogP contribution in [0.25, 0.3) is 10.2 Å². The maximum atomic E-state index is 13.1. The molecule has 2 unspecified atom stereocenters. The van der Waals surface area contributed by atoms with Gasteiger partial charge in [-0.25, -0.2) is 4.98 Å². The van der Waals surface area contributed by atoms with Gasteiger partial charge >= 0.3 is 0 Å². The number of nitrogens with one attached hydrogen (secondary N) is 1. The molecule has 1 amide bonds. The van der Waals surface area contributed by atoms with E-state index in [4.69, 9.17) is 4.98 Å². The molecule has 1 N–H and O–H groups in total. The number of carbonyl (C=O) groups is 1. The van der Waals surface area contributed by atoms with Crippen molar-refractivity contribution in [2.75, 3.05) is 0 Å². The van der Waals surface area contributed by atoms with Gasteiger partial charge in [-0.2, -0.15) is 0 Å². The molecule has 2 aromatic heterocycles. The summed E-state index contributed by atoms with van der Waals surface area (Å²) in [6, 6.07) is 10.3. The third-order valence-electron chi connectivity index (χ3n) is 5.31. The first-order valence-corrected chi connectivity index (χ1v) is 12.1. The average Bonchev–Trinajstić information content (AvgIpc) is 3.03. The molecule has 3 aromatic rings. The van der Waals surface area contributed by atoms with E-state index in [0.717, 1.165) is 28.1 Å². The molecule has 164 valence electrons. The van der Waals surface area contributed by atoms with E-state index in [1.54, 1.807) is 10.6 Å². The van der Waals surface area contributed by atoms with Crippen LogP contribution in [0.1, 0.15) is 36.3 Å². The number of thioether (sulfide) groups is 1. The van der Waals surface area contributed by atoms with Gasteiger partial charge < -0.3 is 5.32 Å².